The summed E-state index contributed by atoms with van der Waals surface area (Å²) in [6.07, 6.45) is 5.63. The highest BCUT2D eigenvalue weighted by atomic mass is 35.5. The topological polar surface area (TPSA) is 60.5 Å². The summed E-state index contributed by atoms with van der Waals surface area (Å²) in [5.74, 6) is 1.37. The normalized spacial score (nSPS) is 19.6. The quantitative estimate of drug-likeness (QED) is 0.835. The van der Waals surface area contributed by atoms with Gasteiger partial charge in [0.1, 0.15) is 11.9 Å². The monoisotopic (exact) mass is 374 g/mol. The lowest BCUT2D eigenvalue weighted by Gasteiger charge is -2.29. The Labute approximate surface area is 158 Å². The van der Waals surface area contributed by atoms with Crippen LogP contribution < -0.4 is 14.8 Å². The number of pyridine rings is 1. The molecule has 1 aromatic heterocycles. The smallest absolute Gasteiger partial charge is 0.224 e. The molecule has 0 bridgehead atoms. The number of methoxy groups -OCH3 is 1. The Morgan fingerprint density at radius 1 is 1.19 bits per heavy atom. The fourth-order valence-corrected chi connectivity index (χ4v) is 3.34. The highest BCUT2D eigenvalue weighted by Gasteiger charge is 2.24. The molecule has 1 aliphatic carbocycles. The van der Waals surface area contributed by atoms with Gasteiger partial charge in [-0.1, -0.05) is 29.8 Å². The van der Waals surface area contributed by atoms with Gasteiger partial charge in [-0.05, 0) is 37.8 Å². The maximum absolute atomic E-state index is 12.3. The van der Waals surface area contributed by atoms with Gasteiger partial charge in [-0.25, -0.2) is 4.98 Å². The van der Waals surface area contributed by atoms with Crippen molar-refractivity contribution in [3.05, 3.63) is 53.2 Å². The highest BCUT2D eigenvalue weighted by Crippen LogP contribution is 2.24. The van der Waals surface area contributed by atoms with E-state index < -0.39 is 0 Å². The third-order valence-corrected chi connectivity index (χ3v) is 4.79. The summed E-state index contributed by atoms with van der Waals surface area (Å²) >= 11 is 5.83. The lowest BCUT2D eigenvalue weighted by atomic mass is 9.92. The highest BCUT2D eigenvalue weighted by molar-refractivity contribution is 6.30. The number of rotatable bonds is 6. The number of ether oxygens (including phenoxy) is 2. The molecule has 1 saturated carbocycles. The van der Waals surface area contributed by atoms with E-state index in [-0.39, 0.29) is 18.1 Å². The molecule has 0 unspecified atom stereocenters. The first-order valence-corrected chi connectivity index (χ1v) is 9.21. The van der Waals surface area contributed by atoms with Crippen molar-refractivity contribution in [2.45, 2.75) is 44.2 Å². The second-order valence-electron chi connectivity index (χ2n) is 6.46. The second-order valence-corrected chi connectivity index (χ2v) is 6.90. The minimum absolute atomic E-state index is 0.0261. The molecule has 0 saturated heterocycles. The molecule has 1 fully saturated rings. The number of benzene rings is 1. The molecular formula is C20H23ClN2O3. The van der Waals surface area contributed by atoms with Crippen LogP contribution in [0.4, 0.5) is 0 Å². The molecule has 3 rings (SSSR count). The Bertz CT molecular complexity index is 728. The summed E-state index contributed by atoms with van der Waals surface area (Å²) in [5, 5.41) is 3.72. The minimum atomic E-state index is 0.0261. The van der Waals surface area contributed by atoms with Crippen LogP contribution in [0, 0.1) is 0 Å². The molecule has 0 aliphatic heterocycles. The van der Waals surface area contributed by atoms with Gasteiger partial charge in [-0.15, -0.1) is 0 Å². The van der Waals surface area contributed by atoms with Crippen LogP contribution in [0.3, 0.4) is 0 Å². The zero-order valence-electron chi connectivity index (χ0n) is 14.8. The number of aromatic nitrogens is 1. The van der Waals surface area contributed by atoms with E-state index in [0.717, 1.165) is 37.0 Å². The van der Waals surface area contributed by atoms with Crippen molar-refractivity contribution in [1.29, 1.82) is 0 Å². The lowest BCUT2D eigenvalue weighted by molar-refractivity contribution is -0.121. The van der Waals surface area contributed by atoms with Crippen molar-refractivity contribution in [3.8, 4) is 11.6 Å². The van der Waals surface area contributed by atoms with Crippen molar-refractivity contribution in [3.63, 3.8) is 0 Å². The predicted molar refractivity (Wildman–Crippen MR) is 101 cm³/mol. The van der Waals surface area contributed by atoms with Gasteiger partial charge in [0.2, 0.25) is 11.8 Å². The van der Waals surface area contributed by atoms with E-state index in [9.17, 15) is 4.79 Å². The zero-order valence-corrected chi connectivity index (χ0v) is 15.5. The standard InChI is InChI=1S/C20H23ClN2O3/c1-25-18-5-3-2-4-14(18)12-19(24)23-16-7-9-17(10-8-16)26-20-11-6-15(21)13-22-20/h2-6,11,13,16-17H,7-10,12H2,1H3,(H,23,24). The van der Waals surface area contributed by atoms with Crippen molar-refractivity contribution < 1.29 is 14.3 Å². The number of amides is 1. The molecule has 1 heterocycles. The fraction of sp³-hybridized carbons (Fsp3) is 0.400. The van der Waals surface area contributed by atoms with Crippen molar-refractivity contribution in [2.24, 2.45) is 0 Å². The molecule has 1 N–H and O–H groups in total. The summed E-state index contributed by atoms with van der Waals surface area (Å²) in [4.78, 5) is 16.5. The zero-order chi connectivity index (χ0) is 18.4. The molecule has 26 heavy (non-hydrogen) atoms. The van der Waals surface area contributed by atoms with Gasteiger partial charge in [0.05, 0.1) is 18.6 Å². The van der Waals surface area contributed by atoms with Gasteiger partial charge in [0, 0.05) is 23.9 Å². The number of para-hydroxylation sites is 1. The molecule has 0 atom stereocenters. The van der Waals surface area contributed by atoms with E-state index in [4.69, 9.17) is 21.1 Å². The fourth-order valence-electron chi connectivity index (χ4n) is 3.23. The van der Waals surface area contributed by atoms with E-state index in [1.54, 1.807) is 25.4 Å². The van der Waals surface area contributed by atoms with Crippen molar-refractivity contribution >= 4 is 17.5 Å². The molecule has 0 radical (unpaired) electrons. The van der Waals surface area contributed by atoms with Crippen LogP contribution >= 0.6 is 11.6 Å². The van der Waals surface area contributed by atoms with Gasteiger partial charge in [0.15, 0.2) is 0 Å². The van der Waals surface area contributed by atoms with Gasteiger partial charge in [-0.2, -0.15) is 0 Å². The van der Waals surface area contributed by atoms with E-state index >= 15 is 0 Å². The average molecular weight is 375 g/mol. The summed E-state index contributed by atoms with van der Waals surface area (Å²) in [5.41, 5.74) is 0.901. The first-order valence-electron chi connectivity index (χ1n) is 8.83. The van der Waals surface area contributed by atoms with Crippen molar-refractivity contribution in [1.82, 2.24) is 10.3 Å². The molecule has 138 valence electrons. The molecule has 5 nitrogen and oxygen atoms in total. The van der Waals surface area contributed by atoms with E-state index in [1.807, 2.05) is 24.3 Å². The average Bonchev–Trinajstić information content (AvgIpc) is 2.65. The third-order valence-electron chi connectivity index (χ3n) is 4.57. The number of hydrogen-bond acceptors (Lipinski definition) is 4. The second kappa shape index (κ2) is 8.90. The molecule has 6 heteroatoms. The Balaban J connectivity index is 1.44. The first kappa shape index (κ1) is 18.5. The predicted octanol–water partition coefficient (Wildman–Crippen LogP) is 3.79. The molecule has 2 aromatic rings. The van der Waals surface area contributed by atoms with Crippen LogP contribution in [0.15, 0.2) is 42.6 Å². The molecule has 1 amide bonds. The van der Waals surface area contributed by atoms with Crippen LogP contribution in [0.5, 0.6) is 11.6 Å². The summed E-state index contributed by atoms with van der Waals surface area (Å²) in [7, 11) is 1.62. The van der Waals surface area contributed by atoms with Crippen LogP contribution in [-0.4, -0.2) is 30.1 Å². The van der Waals surface area contributed by atoms with Crippen LogP contribution in [0.25, 0.3) is 0 Å². The molecule has 0 spiro atoms. The van der Waals surface area contributed by atoms with Gasteiger partial charge in [0.25, 0.3) is 0 Å². The summed E-state index contributed by atoms with van der Waals surface area (Å²) in [6, 6.07) is 11.3. The molecular weight excluding hydrogens is 352 g/mol. The SMILES string of the molecule is COc1ccccc1CC(=O)NC1CCC(Oc2ccc(Cl)cn2)CC1. The van der Waals surface area contributed by atoms with Gasteiger partial charge < -0.3 is 14.8 Å². The molecule has 1 aliphatic rings. The number of nitrogens with zero attached hydrogens (tertiary/aromatic N) is 1. The van der Waals surface area contributed by atoms with Crippen LogP contribution in [-0.2, 0) is 11.2 Å². The molecule has 1 aromatic carbocycles. The maximum Gasteiger partial charge on any atom is 0.224 e. The van der Waals surface area contributed by atoms with Gasteiger partial charge in [-0.3, -0.25) is 4.79 Å². The number of hydrogen-bond donors (Lipinski definition) is 1. The number of carbonyl (C=O) groups excluding carboxylic acids is 1. The van der Waals surface area contributed by atoms with Crippen molar-refractivity contribution in [2.75, 3.05) is 7.11 Å². The summed E-state index contributed by atoms with van der Waals surface area (Å²) < 4.78 is 11.2. The summed E-state index contributed by atoms with van der Waals surface area (Å²) in [6.45, 7) is 0. The van der Waals surface area contributed by atoms with E-state index in [1.165, 1.54) is 0 Å². The maximum atomic E-state index is 12.3. The van der Waals surface area contributed by atoms with E-state index in [2.05, 4.69) is 10.3 Å². The number of nitrogens with one attached hydrogen (secondary N) is 1. The minimum Gasteiger partial charge on any atom is -0.496 e. The van der Waals surface area contributed by atoms with Gasteiger partial charge >= 0.3 is 0 Å². The Hall–Kier alpha value is -2.27. The Morgan fingerprint density at radius 3 is 2.65 bits per heavy atom. The lowest BCUT2D eigenvalue weighted by Crippen LogP contribution is -2.40. The Morgan fingerprint density at radius 2 is 1.96 bits per heavy atom. The number of carbonyl (C=O) groups is 1. The largest absolute Gasteiger partial charge is 0.496 e. The number of halogens is 1. The van der Waals surface area contributed by atoms with Crippen LogP contribution in [0.1, 0.15) is 31.2 Å². The Kier molecular flexibility index (Phi) is 6.34. The first-order chi connectivity index (χ1) is 12.6. The van der Waals surface area contributed by atoms with E-state index in [0.29, 0.717) is 17.3 Å². The third kappa shape index (κ3) is 5.11. The van der Waals surface area contributed by atoms with Crippen LogP contribution in [0.2, 0.25) is 5.02 Å².